The van der Waals surface area contributed by atoms with E-state index in [9.17, 15) is 4.79 Å². The predicted molar refractivity (Wildman–Crippen MR) is 139 cm³/mol. The van der Waals surface area contributed by atoms with Crippen molar-refractivity contribution in [2.24, 2.45) is 11.8 Å². The Kier molecular flexibility index (Phi) is 8.58. The first-order chi connectivity index (χ1) is 17.0. The second-order valence-corrected chi connectivity index (χ2v) is 9.85. The minimum absolute atomic E-state index is 0.0145. The lowest BCUT2D eigenvalue weighted by Crippen LogP contribution is -2.24. The van der Waals surface area contributed by atoms with Crippen molar-refractivity contribution in [3.63, 3.8) is 0 Å². The average Bonchev–Trinajstić information content (AvgIpc) is 3.58. The highest BCUT2D eigenvalue weighted by atomic mass is 35.5. The highest BCUT2D eigenvalue weighted by Gasteiger charge is 2.30. The lowest BCUT2D eigenvalue weighted by atomic mass is 10.0. The number of nitrogens with zero attached hydrogens (tertiary/aromatic N) is 3. The number of benzene rings is 1. The van der Waals surface area contributed by atoms with Crippen LogP contribution >= 0.6 is 11.6 Å². The number of aromatic nitrogens is 2. The molecule has 3 aliphatic rings. The van der Waals surface area contributed by atoms with Crippen LogP contribution in [0.4, 0.5) is 0 Å². The van der Waals surface area contributed by atoms with Crippen LogP contribution in [0.2, 0.25) is 5.02 Å². The first-order valence-corrected chi connectivity index (χ1v) is 12.8. The Hall–Kier alpha value is -2.70. The van der Waals surface area contributed by atoms with Crippen LogP contribution in [0.15, 0.2) is 54.3 Å². The first-order valence-electron chi connectivity index (χ1n) is 12.4. The highest BCUT2D eigenvalue weighted by Crippen LogP contribution is 2.32. The topological polar surface area (TPSA) is 64.6 Å². The van der Waals surface area contributed by atoms with E-state index < -0.39 is 0 Å². The molecule has 6 nitrogen and oxygen atoms in total. The smallest absolute Gasteiger partial charge is 0.231 e. The van der Waals surface area contributed by atoms with Crippen LogP contribution in [-0.4, -0.2) is 40.6 Å². The molecule has 1 aromatic heterocycles. The van der Waals surface area contributed by atoms with E-state index in [1.807, 2.05) is 31.2 Å². The molecule has 3 fully saturated rings. The third-order valence-corrected chi connectivity index (χ3v) is 6.72. The van der Waals surface area contributed by atoms with Crippen molar-refractivity contribution in [3.05, 3.63) is 65.1 Å². The predicted octanol–water partition coefficient (Wildman–Crippen LogP) is 6.25. The van der Waals surface area contributed by atoms with Gasteiger partial charge in [-0.05, 0) is 55.4 Å². The van der Waals surface area contributed by atoms with Crippen molar-refractivity contribution in [2.75, 3.05) is 19.8 Å². The minimum atomic E-state index is 0.0145. The Labute approximate surface area is 212 Å². The van der Waals surface area contributed by atoms with Gasteiger partial charge in [-0.2, -0.15) is 4.98 Å². The van der Waals surface area contributed by atoms with Crippen molar-refractivity contribution in [2.45, 2.75) is 52.5 Å². The number of amides is 1. The van der Waals surface area contributed by atoms with Gasteiger partial charge in [0.25, 0.3) is 0 Å². The zero-order valence-electron chi connectivity index (χ0n) is 20.6. The van der Waals surface area contributed by atoms with E-state index in [1.54, 1.807) is 17.0 Å². The maximum Gasteiger partial charge on any atom is 0.231 e. The second-order valence-electron chi connectivity index (χ2n) is 9.41. The summed E-state index contributed by atoms with van der Waals surface area (Å²) in [5, 5.41) is 1.40. The largest absolute Gasteiger partial charge is 0.477 e. The summed E-state index contributed by atoms with van der Waals surface area (Å²) in [5.74, 6) is 2.58. The molecule has 5 rings (SSSR count). The van der Waals surface area contributed by atoms with Gasteiger partial charge in [0.1, 0.15) is 0 Å². The number of rotatable bonds is 6. The molecule has 0 radical (unpaired) electrons. The molecule has 2 aromatic rings. The number of halogens is 1. The van der Waals surface area contributed by atoms with E-state index in [1.165, 1.54) is 12.8 Å². The van der Waals surface area contributed by atoms with Crippen LogP contribution in [-0.2, 0) is 16.1 Å². The van der Waals surface area contributed by atoms with Crippen molar-refractivity contribution in [1.82, 2.24) is 14.9 Å². The first kappa shape index (κ1) is 25.4. The molecule has 0 atom stereocenters. The third-order valence-electron chi connectivity index (χ3n) is 6.49. The van der Waals surface area contributed by atoms with E-state index >= 15 is 0 Å². The Morgan fingerprint density at radius 3 is 2.63 bits per heavy atom. The summed E-state index contributed by atoms with van der Waals surface area (Å²) in [5.41, 5.74) is 2.52. The molecule has 0 unspecified atom stereocenters. The Bertz CT molecular complexity index is 1130. The SMILES string of the molecule is C=C/C=C1/CC(=O)N(Cc2nc(OCC3CCOCC3)c3ccc(Cl)cc3n2)/C1=C/C.CC1CC1. The van der Waals surface area contributed by atoms with Gasteiger partial charge in [0, 0.05) is 23.9 Å². The van der Waals surface area contributed by atoms with Crippen LogP contribution in [0.3, 0.4) is 0 Å². The number of allylic oxidation sites excluding steroid dienone is 4. The van der Waals surface area contributed by atoms with Crippen LogP contribution in [0.25, 0.3) is 10.9 Å². The number of hydrogen-bond donors (Lipinski definition) is 0. The number of ether oxygens (including phenoxy) is 2. The summed E-state index contributed by atoms with van der Waals surface area (Å²) >= 11 is 6.21. The lowest BCUT2D eigenvalue weighted by molar-refractivity contribution is -0.127. The summed E-state index contributed by atoms with van der Waals surface area (Å²) in [4.78, 5) is 23.7. The fourth-order valence-corrected chi connectivity index (χ4v) is 4.34. The maximum absolute atomic E-state index is 12.7. The summed E-state index contributed by atoms with van der Waals surface area (Å²) in [6.07, 6.45) is 10.8. The molecule has 0 bridgehead atoms. The number of hydrogen-bond acceptors (Lipinski definition) is 5. The number of carbonyl (C=O) groups is 1. The van der Waals surface area contributed by atoms with E-state index in [0.29, 0.717) is 41.2 Å². The Balaban J connectivity index is 0.000000656. The van der Waals surface area contributed by atoms with Crippen molar-refractivity contribution in [3.8, 4) is 5.88 Å². The summed E-state index contributed by atoms with van der Waals surface area (Å²) < 4.78 is 11.6. The number of carbonyl (C=O) groups excluding carboxylic acids is 1. The molecule has 186 valence electrons. The van der Waals surface area contributed by atoms with E-state index in [4.69, 9.17) is 21.1 Å². The van der Waals surface area contributed by atoms with Gasteiger partial charge in [-0.25, -0.2) is 4.98 Å². The number of likely N-dealkylation sites (tertiary alicyclic amines) is 1. The van der Waals surface area contributed by atoms with E-state index in [2.05, 4.69) is 23.5 Å². The molecule has 1 saturated carbocycles. The van der Waals surface area contributed by atoms with Gasteiger partial charge >= 0.3 is 0 Å². The van der Waals surface area contributed by atoms with Crippen LogP contribution in [0.5, 0.6) is 5.88 Å². The van der Waals surface area contributed by atoms with Crippen molar-refractivity contribution >= 4 is 28.4 Å². The van der Waals surface area contributed by atoms with Crippen LogP contribution < -0.4 is 4.74 Å². The monoisotopic (exact) mass is 495 g/mol. The van der Waals surface area contributed by atoms with Gasteiger partial charge in [0.2, 0.25) is 11.8 Å². The zero-order chi connectivity index (χ0) is 24.8. The molecular weight excluding hydrogens is 462 g/mol. The highest BCUT2D eigenvalue weighted by molar-refractivity contribution is 6.31. The summed E-state index contributed by atoms with van der Waals surface area (Å²) in [6.45, 7) is 10.3. The quantitative estimate of drug-likeness (QED) is 0.473. The molecule has 1 aliphatic carbocycles. The van der Waals surface area contributed by atoms with Crippen LogP contribution in [0.1, 0.15) is 51.8 Å². The maximum atomic E-state index is 12.7. The van der Waals surface area contributed by atoms with Crippen molar-refractivity contribution in [1.29, 1.82) is 0 Å². The van der Waals surface area contributed by atoms with Crippen molar-refractivity contribution < 1.29 is 14.3 Å². The summed E-state index contributed by atoms with van der Waals surface area (Å²) in [7, 11) is 0. The fraction of sp³-hybridized carbons (Fsp3) is 0.464. The van der Waals surface area contributed by atoms with E-state index in [-0.39, 0.29) is 12.5 Å². The zero-order valence-corrected chi connectivity index (χ0v) is 21.4. The minimum Gasteiger partial charge on any atom is -0.477 e. The molecule has 0 spiro atoms. The van der Waals surface area contributed by atoms with Crippen LogP contribution in [0, 0.1) is 11.8 Å². The van der Waals surface area contributed by atoms with Gasteiger partial charge in [0.15, 0.2) is 5.82 Å². The Morgan fingerprint density at radius 1 is 1.23 bits per heavy atom. The lowest BCUT2D eigenvalue weighted by Gasteiger charge is -2.22. The molecule has 35 heavy (non-hydrogen) atoms. The standard InChI is InChI=1S/C24H26ClN3O3.C4H8/c1-3-5-17-12-23(29)28(21(17)4-2)14-22-26-20-13-18(25)6-7-19(20)24(27-22)31-15-16-8-10-30-11-9-16;1-4-2-3-4/h3-7,13,16H,1,8-12,14-15H2,2H3;4H,2-3H2,1H3/b17-5-,21-4+;. The second kappa shape index (κ2) is 11.8. The molecule has 2 saturated heterocycles. The van der Waals surface area contributed by atoms with Gasteiger partial charge in [-0.1, -0.05) is 56.2 Å². The molecule has 7 heteroatoms. The van der Waals surface area contributed by atoms with Gasteiger partial charge in [0.05, 0.1) is 30.5 Å². The van der Waals surface area contributed by atoms with Gasteiger partial charge < -0.3 is 14.4 Å². The van der Waals surface area contributed by atoms with Gasteiger partial charge in [-0.15, -0.1) is 0 Å². The van der Waals surface area contributed by atoms with Gasteiger partial charge in [-0.3, -0.25) is 4.79 Å². The molecule has 1 aromatic carbocycles. The Morgan fingerprint density at radius 2 is 1.97 bits per heavy atom. The third kappa shape index (κ3) is 6.71. The summed E-state index contributed by atoms with van der Waals surface area (Å²) in [6, 6.07) is 5.49. The normalized spacial score (nSPS) is 20.9. The average molecular weight is 496 g/mol. The fourth-order valence-electron chi connectivity index (χ4n) is 4.18. The van der Waals surface area contributed by atoms with E-state index in [0.717, 1.165) is 48.6 Å². The molecule has 3 heterocycles. The molecular formula is C28H34ClN3O3. The number of fused-ring (bicyclic) bond motifs is 1. The molecule has 0 N–H and O–H groups in total. The molecule has 1 amide bonds. The molecule has 2 aliphatic heterocycles.